The molecule has 1 aromatic carbocycles. The number of nitrogens with zero attached hydrogens (tertiary/aromatic N) is 2. The Bertz CT molecular complexity index is 438. The van der Waals surface area contributed by atoms with Gasteiger partial charge >= 0.3 is 0 Å². The zero-order chi connectivity index (χ0) is 16.0. The van der Waals surface area contributed by atoms with Crippen LogP contribution in [0.25, 0.3) is 0 Å². The van der Waals surface area contributed by atoms with Crippen molar-refractivity contribution in [3.8, 4) is 0 Å². The number of nitrogens with two attached hydrogens (primary N) is 1. The zero-order valence-corrected chi connectivity index (χ0v) is 15.8. The predicted octanol–water partition coefficient (Wildman–Crippen LogP) is 3.62. The molecule has 3 nitrogen and oxygen atoms in total. The maximum atomic E-state index is 6.40. The van der Waals surface area contributed by atoms with Gasteiger partial charge in [0.25, 0.3) is 0 Å². The van der Waals surface area contributed by atoms with Gasteiger partial charge in [-0.3, -0.25) is 4.90 Å². The molecule has 120 valence electrons. The van der Waals surface area contributed by atoms with Crippen molar-refractivity contribution in [2.75, 3.05) is 40.3 Å². The van der Waals surface area contributed by atoms with Crippen LogP contribution in [-0.2, 0) is 0 Å². The van der Waals surface area contributed by atoms with Crippen LogP contribution in [0.2, 0.25) is 5.02 Å². The van der Waals surface area contributed by atoms with E-state index < -0.39 is 0 Å². The van der Waals surface area contributed by atoms with E-state index in [1.165, 1.54) is 0 Å². The minimum Gasteiger partial charge on any atom is -0.329 e. The van der Waals surface area contributed by atoms with Gasteiger partial charge in [-0.15, -0.1) is 0 Å². The minimum absolute atomic E-state index is 0.150. The molecular weight excluding hydrogens is 350 g/mol. The first-order chi connectivity index (χ1) is 9.85. The van der Waals surface area contributed by atoms with Crippen molar-refractivity contribution in [1.29, 1.82) is 0 Å². The average molecular weight is 377 g/mol. The van der Waals surface area contributed by atoms with Gasteiger partial charge in [0.15, 0.2) is 0 Å². The third-order valence-electron chi connectivity index (χ3n) is 3.42. The summed E-state index contributed by atoms with van der Waals surface area (Å²) in [6, 6.07) is 6.13. The van der Waals surface area contributed by atoms with Crippen LogP contribution in [0.3, 0.4) is 0 Å². The number of likely N-dealkylation sites (N-methyl/N-ethyl adjacent to an activating group) is 1. The molecule has 0 aliphatic carbocycles. The molecule has 1 aromatic rings. The summed E-state index contributed by atoms with van der Waals surface area (Å²) in [7, 11) is 4.19. The normalized spacial score (nSPS) is 13.4. The summed E-state index contributed by atoms with van der Waals surface area (Å²) in [6.45, 7) is 8.04. The summed E-state index contributed by atoms with van der Waals surface area (Å²) in [4.78, 5) is 4.64. The molecule has 0 bridgehead atoms. The minimum atomic E-state index is 0.150. The Hall–Kier alpha value is -0.130. The van der Waals surface area contributed by atoms with Crippen molar-refractivity contribution < 1.29 is 0 Å². The first kappa shape index (κ1) is 18.9. The van der Waals surface area contributed by atoms with Crippen LogP contribution < -0.4 is 5.73 Å². The smallest absolute Gasteiger partial charge is 0.0486 e. The van der Waals surface area contributed by atoms with E-state index in [1.54, 1.807) is 0 Å². The molecule has 0 radical (unpaired) electrons. The van der Waals surface area contributed by atoms with Crippen LogP contribution in [0.15, 0.2) is 22.7 Å². The van der Waals surface area contributed by atoms with Gasteiger partial charge in [0.2, 0.25) is 0 Å². The highest BCUT2D eigenvalue weighted by atomic mass is 79.9. The highest BCUT2D eigenvalue weighted by Crippen LogP contribution is 2.30. The molecule has 5 heteroatoms. The van der Waals surface area contributed by atoms with Crippen LogP contribution in [0.4, 0.5) is 0 Å². The summed E-state index contributed by atoms with van der Waals surface area (Å²) in [6.07, 6.45) is 0. The molecule has 1 unspecified atom stereocenters. The van der Waals surface area contributed by atoms with Gasteiger partial charge in [-0.1, -0.05) is 41.4 Å². The first-order valence-corrected chi connectivity index (χ1v) is 8.56. The van der Waals surface area contributed by atoms with Gasteiger partial charge in [0.05, 0.1) is 0 Å². The Morgan fingerprint density at radius 3 is 2.43 bits per heavy atom. The fraction of sp³-hybridized carbons (Fsp3) is 0.625. The van der Waals surface area contributed by atoms with E-state index >= 15 is 0 Å². The Morgan fingerprint density at radius 1 is 1.24 bits per heavy atom. The second-order valence-electron chi connectivity index (χ2n) is 6.11. The topological polar surface area (TPSA) is 32.5 Å². The molecule has 21 heavy (non-hydrogen) atoms. The van der Waals surface area contributed by atoms with Crippen LogP contribution in [0.1, 0.15) is 25.5 Å². The lowest BCUT2D eigenvalue weighted by atomic mass is 10.0. The molecule has 0 heterocycles. The molecule has 2 N–H and O–H groups in total. The molecule has 1 atom stereocenters. The van der Waals surface area contributed by atoms with Crippen LogP contribution in [-0.4, -0.2) is 50.1 Å². The largest absolute Gasteiger partial charge is 0.329 e. The number of rotatable bonds is 8. The number of hydrogen-bond acceptors (Lipinski definition) is 3. The van der Waals surface area contributed by atoms with Crippen molar-refractivity contribution in [2.24, 2.45) is 11.7 Å². The van der Waals surface area contributed by atoms with E-state index in [0.29, 0.717) is 12.5 Å². The van der Waals surface area contributed by atoms with E-state index in [9.17, 15) is 0 Å². The molecule has 0 amide bonds. The molecule has 0 aliphatic rings. The summed E-state index contributed by atoms with van der Waals surface area (Å²) < 4.78 is 1.04. The molecule has 0 spiro atoms. The van der Waals surface area contributed by atoms with Gasteiger partial charge in [-0.05, 0) is 43.8 Å². The third kappa shape index (κ3) is 6.25. The third-order valence-corrected chi connectivity index (χ3v) is 4.25. The molecule has 0 fully saturated rings. The van der Waals surface area contributed by atoms with Crippen LogP contribution in [0.5, 0.6) is 0 Å². The van der Waals surface area contributed by atoms with Crippen molar-refractivity contribution in [1.82, 2.24) is 9.80 Å². The zero-order valence-electron chi connectivity index (χ0n) is 13.4. The van der Waals surface area contributed by atoms with E-state index in [0.717, 1.165) is 34.7 Å². The van der Waals surface area contributed by atoms with Gasteiger partial charge in [0, 0.05) is 41.7 Å². The highest BCUT2D eigenvalue weighted by Gasteiger charge is 2.22. The summed E-state index contributed by atoms with van der Waals surface area (Å²) >= 11 is 9.93. The monoisotopic (exact) mass is 375 g/mol. The van der Waals surface area contributed by atoms with Crippen LogP contribution >= 0.6 is 27.5 Å². The Kier molecular flexibility index (Phi) is 8.21. The molecule has 0 aliphatic heterocycles. The molecule has 0 aromatic heterocycles. The van der Waals surface area contributed by atoms with Gasteiger partial charge in [0.1, 0.15) is 0 Å². The Balaban J connectivity index is 3.01. The van der Waals surface area contributed by atoms with E-state index in [2.05, 4.69) is 59.7 Å². The number of halogens is 2. The maximum absolute atomic E-state index is 6.40. The fourth-order valence-electron chi connectivity index (χ4n) is 2.41. The quantitative estimate of drug-likeness (QED) is 0.752. The molecular formula is C16H27BrClN3. The van der Waals surface area contributed by atoms with Gasteiger partial charge in [-0.25, -0.2) is 0 Å². The second-order valence-corrected chi connectivity index (χ2v) is 7.43. The highest BCUT2D eigenvalue weighted by molar-refractivity contribution is 9.10. The fourth-order valence-corrected chi connectivity index (χ4v) is 3.04. The van der Waals surface area contributed by atoms with Crippen molar-refractivity contribution in [3.63, 3.8) is 0 Å². The molecule has 0 saturated heterocycles. The second kappa shape index (κ2) is 9.11. The van der Waals surface area contributed by atoms with Crippen molar-refractivity contribution in [2.45, 2.75) is 19.9 Å². The lowest BCUT2D eigenvalue weighted by Crippen LogP contribution is -2.40. The van der Waals surface area contributed by atoms with Gasteiger partial charge in [-0.2, -0.15) is 0 Å². The predicted molar refractivity (Wildman–Crippen MR) is 95.9 cm³/mol. The van der Waals surface area contributed by atoms with Crippen LogP contribution in [0, 0.1) is 5.92 Å². The molecule has 1 rings (SSSR count). The summed E-state index contributed by atoms with van der Waals surface area (Å²) in [5, 5.41) is 0.784. The average Bonchev–Trinajstić information content (AvgIpc) is 2.39. The lowest BCUT2D eigenvalue weighted by Gasteiger charge is -2.34. The summed E-state index contributed by atoms with van der Waals surface area (Å²) in [5.41, 5.74) is 7.18. The standard InChI is InChI=1S/C16H27BrClN3/c1-12(2)11-21(8-7-20(3)4)16(10-19)14-9-13(17)5-6-15(14)18/h5-6,9,12,16H,7-8,10-11,19H2,1-4H3. The van der Waals surface area contributed by atoms with E-state index in [1.807, 2.05) is 12.1 Å². The Labute approximate surface area is 142 Å². The number of benzene rings is 1. The van der Waals surface area contributed by atoms with Gasteiger partial charge < -0.3 is 10.6 Å². The Morgan fingerprint density at radius 2 is 1.90 bits per heavy atom. The lowest BCUT2D eigenvalue weighted by molar-refractivity contribution is 0.163. The first-order valence-electron chi connectivity index (χ1n) is 7.39. The maximum Gasteiger partial charge on any atom is 0.0486 e. The SMILES string of the molecule is CC(C)CN(CCN(C)C)C(CN)c1cc(Br)ccc1Cl. The van der Waals surface area contributed by atoms with E-state index in [-0.39, 0.29) is 6.04 Å². The van der Waals surface area contributed by atoms with Crippen molar-refractivity contribution in [3.05, 3.63) is 33.3 Å². The molecule has 0 saturated carbocycles. The number of hydrogen-bond donors (Lipinski definition) is 1. The van der Waals surface area contributed by atoms with E-state index in [4.69, 9.17) is 17.3 Å². The van der Waals surface area contributed by atoms with Crippen molar-refractivity contribution >= 4 is 27.5 Å². The summed E-state index contributed by atoms with van der Waals surface area (Å²) in [5.74, 6) is 0.590.